The van der Waals surface area contributed by atoms with Crippen LogP contribution in [-0.4, -0.2) is 43.0 Å². The number of halogens is 1. The summed E-state index contributed by atoms with van der Waals surface area (Å²) in [5.41, 5.74) is 3.52. The van der Waals surface area contributed by atoms with E-state index in [1.54, 1.807) is 18.3 Å². The number of rotatable bonds is 7. The van der Waals surface area contributed by atoms with Crippen LogP contribution in [0.15, 0.2) is 30.5 Å². The van der Waals surface area contributed by atoms with Gasteiger partial charge in [-0.1, -0.05) is 17.7 Å². The van der Waals surface area contributed by atoms with Crippen molar-refractivity contribution >= 4 is 29.0 Å². The second-order valence-corrected chi connectivity index (χ2v) is 6.81. The minimum Gasteiger partial charge on any atom is -0.352 e. The van der Waals surface area contributed by atoms with Crippen LogP contribution in [-0.2, 0) is 0 Å². The number of aromatic nitrogens is 1. The van der Waals surface area contributed by atoms with Gasteiger partial charge in [-0.3, -0.25) is 4.79 Å². The minimum absolute atomic E-state index is 0.101. The number of benzene rings is 1. The third-order valence-corrected chi connectivity index (χ3v) is 4.07. The molecule has 134 valence electrons. The predicted molar refractivity (Wildman–Crippen MR) is 104 cm³/mol. The van der Waals surface area contributed by atoms with Crippen LogP contribution in [0.25, 0.3) is 0 Å². The molecule has 1 aromatic heterocycles. The number of pyridine rings is 1. The summed E-state index contributed by atoms with van der Waals surface area (Å²) in [6.07, 6.45) is 2.53. The van der Waals surface area contributed by atoms with Gasteiger partial charge in [0, 0.05) is 18.3 Å². The lowest BCUT2D eigenvalue weighted by atomic mass is 10.1. The Morgan fingerprint density at radius 1 is 1.24 bits per heavy atom. The average molecular weight is 361 g/mol. The first-order valence-electron chi connectivity index (χ1n) is 8.29. The Bertz CT molecular complexity index is 723. The number of aryl methyl sites for hydroxylation is 2. The maximum atomic E-state index is 12.3. The lowest BCUT2D eigenvalue weighted by Crippen LogP contribution is -2.27. The molecule has 0 saturated heterocycles. The maximum Gasteiger partial charge on any atom is 0.251 e. The lowest BCUT2D eigenvalue weighted by Gasteiger charge is -2.13. The molecule has 2 aromatic rings. The number of carbonyl (C=O) groups excluding carboxylic acids is 1. The molecule has 0 fully saturated rings. The summed E-state index contributed by atoms with van der Waals surface area (Å²) in [6.45, 7) is 5.57. The molecule has 6 heteroatoms. The van der Waals surface area contributed by atoms with Crippen molar-refractivity contribution in [2.24, 2.45) is 0 Å². The van der Waals surface area contributed by atoms with Crippen molar-refractivity contribution in [2.75, 3.05) is 32.5 Å². The average Bonchev–Trinajstić information content (AvgIpc) is 2.55. The van der Waals surface area contributed by atoms with E-state index >= 15 is 0 Å². The standard InChI is InChI=1S/C19H25ClN4O/c1-13-10-14(2)18(16(20)11-13)23-17-12-15(6-8-21-17)19(25)22-7-5-9-24(3)4/h6,8,10-12H,5,7,9H2,1-4H3,(H,21,23)(H,22,25). The molecule has 0 unspecified atom stereocenters. The molecule has 0 saturated carbocycles. The van der Waals surface area contributed by atoms with Gasteiger partial charge in [0.2, 0.25) is 0 Å². The van der Waals surface area contributed by atoms with E-state index in [1.807, 2.05) is 34.0 Å². The van der Waals surface area contributed by atoms with Crippen LogP contribution in [0, 0.1) is 13.8 Å². The molecule has 0 spiro atoms. The van der Waals surface area contributed by atoms with E-state index in [4.69, 9.17) is 11.6 Å². The lowest BCUT2D eigenvalue weighted by molar-refractivity contribution is 0.0952. The number of carbonyl (C=O) groups is 1. The van der Waals surface area contributed by atoms with Crippen LogP contribution in [0.5, 0.6) is 0 Å². The summed E-state index contributed by atoms with van der Waals surface area (Å²) in [4.78, 5) is 18.6. The molecule has 0 radical (unpaired) electrons. The van der Waals surface area contributed by atoms with Crippen molar-refractivity contribution < 1.29 is 4.79 Å². The van der Waals surface area contributed by atoms with Gasteiger partial charge < -0.3 is 15.5 Å². The van der Waals surface area contributed by atoms with Gasteiger partial charge in [-0.25, -0.2) is 4.98 Å². The SMILES string of the molecule is Cc1cc(C)c(Nc2cc(C(=O)NCCCN(C)C)ccn2)c(Cl)c1. The number of hydrogen-bond acceptors (Lipinski definition) is 4. The Hall–Kier alpha value is -2.11. The summed E-state index contributed by atoms with van der Waals surface area (Å²) in [5, 5.41) is 6.78. The third-order valence-electron chi connectivity index (χ3n) is 3.77. The van der Waals surface area contributed by atoms with Gasteiger partial charge in [-0.05, 0) is 70.2 Å². The fourth-order valence-corrected chi connectivity index (χ4v) is 2.91. The molecule has 2 N–H and O–H groups in total. The Balaban J connectivity index is 2.05. The van der Waals surface area contributed by atoms with Crippen LogP contribution in [0.1, 0.15) is 27.9 Å². The first kappa shape index (κ1) is 19.2. The molecule has 0 aliphatic heterocycles. The van der Waals surface area contributed by atoms with Gasteiger partial charge in [0.15, 0.2) is 0 Å². The van der Waals surface area contributed by atoms with Crippen LogP contribution in [0.3, 0.4) is 0 Å². The van der Waals surface area contributed by atoms with Crippen molar-refractivity contribution in [3.05, 3.63) is 52.2 Å². The molecule has 2 rings (SSSR count). The largest absolute Gasteiger partial charge is 0.352 e. The zero-order valence-electron chi connectivity index (χ0n) is 15.2. The van der Waals surface area contributed by atoms with Crippen molar-refractivity contribution in [1.82, 2.24) is 15.2 Å². The second kappa shape index (κ2) is 8.83. The zero-order valence-corrected chi connectivity index (χ0v) is 15.9. The van der Waals surface area contributed by atoms with E-state index in [1.165, 1.54) is 0 Å². The highest BCUT2D eigenvalue weighted by molar-refractivity contribution is 6.33. The normalized spacial score (nSPS) is 10.8. The van der Waals surface area contributed by atoms with E-state index in [-0.39, 0.29) is 5.91 Å². The molecule has 1 amide bonds. The van der Waals surface area contributed by atoms with E-state index < -0.39 is 0 Å². The van der Waals surface area contributed by atoms with Gasteiger partial charge >= 0.3 is 0 Å². The van der Waals surface area contributed by atoms with Gasteiger partial charge in [-0.2, -0.15) is 0 Å². The van der Waals surface area contributed by atoms with Crippen molar-refractivity contribution in [1.29, 1.82) is 0 Å². The van der Waals surface area contributed by atoms with E-state index in [0.717, 1.165) is 29.8 Å². The molecule has 0 aliphatic carbocycles. The highest BCUT2D eigenvalue weighted by atomic mass is 35.5. The molecule has 1 aromatic carbocycles. The van der Waals surface area contributed by atoms with Crippen LogP contribution >= 0.6 is 11.6 Å². The Labute approximate surface area is 154 Å². The summed E-state index contributed by atoms with van der Waals surface area (Å²) >= 11 is 6.32. The Morgan fingerprint density at radius 3 is 2.68 bits per heavy atom. The fourth-order valence-electron chi connectivity index (χ4n) is 2.54. The van der Waals surface area contributed by atoms with E-state index in [0.29, 0.717) is 22.9 Å². The van der Waals surface area contributed by atoms with Gasteiger partial charge in [0.1, 0.15) is 5.82 Å². The summed E-state index contributed by atoms with van der Waals surface area (Å²) in [5.74, 6) is 0.491. The van der Waals surface area contributed by atoms with Crippen LogP contribution in [0.4, 0.5) is 11.5 Å². The van der Waals surface area contributed by atoms with Crippen LogP contribution < -0.4 is 10.6 Å². The molecule has 25 heavy (non-hydrogen) atoms. The smallest absolute Gasteiger partial charge is 0.251 e. The first-order valence-corrected chi connectivity index (χ1v) is 8.67. The molecular formula is C19H25ClN4O. The second-order valence-electron chi connectivity index (χ2n) is 6.41. The van der Waals surface area contributed by atoms with Gasteiger partial charge in [0.05, 0.1) is 10.7 Å². The minimum atomic E-state index is -0.101. The molecular weight excluding hydrogens is 336 g/mol. The highest BCUT2D eigenvalue weighted by Gasteiger charge is 2.10. The molecule has 0 aliphatic rings. The zero-order chi connectivity index (χ0) is 18.4. The number of hydrogen-bond donors (Lipinski definition) is 2. The number of nitrogens with zero attached hydrogens (tertiary/aromatic N) is 2. The predicted octanol–water partition coefficient (Wildman–Crippen LogP) is 3.78. The number of anilines is 2. The molecule has 0 bridgehead atoms. The maximum absolute atomic E-state index is 12.3. The van der Waals surface area contributed by atoms with Crippen molar-refractivity contribution in [2.45, 2.75) is 20.3 Å². The van der Waals surface area contributed by atoms with Crippen molar-refractivity contribution in [3.63, 3.8) is 0 Å². The molecule has 1 heterocycles. The van der Waals surface area contributed by atoms with Crippen LogP contribution in [0.2, 0.25) is 5.02 Å². The number of nitrogens with one attached hydrogen (secondary N) is 2. The Kier molecular flexibility index (Phi) is 6.79. The third kappa shape index (κ3) is 5.73. The summed E-state index contributed by atoms with van der Waals surface area (Å²) in [6, 6.07) is 7.39. The highest BCUT2D eigenvalue weighted by Crippen LogP contribution is 2.29. The van der Waals surface area contributed by atoms with Gasteiger partial charge in [-0.15, -0.1) is 0 Å². The monoisotopic (exact) mass is 360 g/mol. The quantitative estimate of drug-likeness (QED) is 0.738. The topological polar surface area (TPSA) is 57.3 Å². The number of amides is 1. The molecule has 0 atom stereocenters. The van der Waals surface area contributed by atoms with E-state index in [9.17, 15) is 4.79 Å². The first-order chi connectivity index (χ1) is 11.9. The summed E-state index contributed by atoms with van der Waals surface area (Å²) in [7, 11) is 4.03. The van der Waals surface area contributed by atoms with Gasteiger partial charge in [0.25, 0.3) is 5.91 Å². The fraction of sp³-hybridized carbons (Fsp3) is 0.368. The van der Waals surface area contributed by atoms with Crippen molar-refractivity contribution in [3.8, 4) is 0 Å². The summed E-state index contributed by atoms with van der Waals surface area (Å²) < 4.78 is 0. The Morgan fingerprint density at radius 2 is 2.00 bits per heavy atom. The van der Waals surface area contributed by atoms with E-state index in [2.05, 4.69) is 26.6 Å². The molecule has 5 nitrogen and oxygen atoms in total.